The van der Waals surface area contributed by atoms with Crippen molar-refractivity contribution in [2.75, 3.05) is 47.5 Å². The maximum atomic E-state index is 12.8. The van der Waals surface area contributed by atoms with Gasteiger partial charge >= 0.3 is 11.9 Å². The third-order valence-electron chi connectivity index (χ3n) is 12.7. The normalized spacial score (nSPS) is 14.2. The van der Waals surface area contributed by atoms with Gasteiger partial charge in [0.2, 0.25) is 0 Å². The molecule has 0 spiro atoms. The molecule has 0 N–H and O–H groups in total. The molecule has 0 saturated heterocycles. The van der Waals surface area contributed by atoms with E-state index in [1.165, 1.54) is 83.5 Å². The van der Waals surface area contributed by atoms with E-state index in [1.54, 1.807) is 0 Å². The van der Waals surface area contributed by atoms with Crippen molar-refractivity contribution in [3.8, 4) is 0 Å². The lowest BCUT2D eigenvalue weighted by Gasteiger charge is -2.28. The topological polar surface area (TPSA) is 111 Å². The fraction of sp³-hybridized carbons (Fsp3) is 0.647. The van der Waals surface area contributed by atoms with E-state index in [0.717, 1.165) is 109 Å². The molecule has 0 heterocycles. The Bertz CT molecular complexity index is 1780. The molecule has 0 saturated carbocycles. The van der Waals surface area contributed by atoms with Gasteiger partial charge in [0.1, 0.15) is 19.8 Å². The molecule has 2 unspecified atom stereocenters. The SMILES string of the molecule is CC/C=C\C/C=C\C/C=C\C/C=C\C/C=C\C/C=C\CCCCCCCCCCCCCCCCCCC(=O)OC(COC(=O)CCCCC/C=C\C/C=C\C/C=C\C/C=C\C/C=C\CC)COP(=O)([O-])OCC[N+](C)(C)C. The Morgan fingerprint density at radius 2 is 0.692 bits per heavy atom. The van der Waals surface area contributed by atoms with Crippen LogP contribution < -0.4 is 4.89 Å². The molecule has 9 nitrogen and oxygen atoms in total. The van der Waals surface area contributed by atoms with E-state index in [0.29, 0.717) is 23.9 Å². The number of hydrogen-bond acceptors (Lipinski definition) is 8. The molecule has 0 aliphatic heterocycles. The Hall–Kier alpha value is -3.85. The summed E-state index contributed by atoms with van der Waals surface area (Å²) in [7, 11) is 1.13. The molecule has 444 valence electrons. The van der Waals surface area contributed by atoms with Crippen LogP contribution >= 0.6 is 7.82 Å². The highest BCUT2D eigenvalue weighted by Gasteiger charge is 2.22. The van der Waals surface area contributed by atoms with Crippen LogP contribution in [0.1, 0.15) is 232 Å². The van der Waals surface area contributed by atoms with E-state index < -0.39 is 32.5 Å². The van der Waals surface area contributed by atoms with Gasteiger partial charge in [-0.15, -0.1) is 0 Å². The van der Waals surface area contributed by atoms with E-state index in [-0.39, 0.29) is 26.1 Å². The first kappa shape index (κ1) is 74.2. The minimum atomic E-state index is -4.65. The van der Waals surface area contributed by atoms with E-state index in [9.17, 15) is 19.0 Å². The smallest absolute Gasteiger partial charge is 0.306 e. The maximum absolute atomic E-state index is 12.8. The van der Waals surface area contributed by atoms with Crippen LogP contribution in [-0.2, 0) is 32.7 Å². The maximum Gasteiger partial charge on any atom is 0.306 e. The highest BCUT2D eigenvalue weighted by Crippen LogP contribution is 2.38. The summed E-state index contributed by atoms with van der Waals surface area (Å²) in [5, 5.41) is 0. The van der Waals surface area contributed by atoms with Crippen molar-refractivity contribution >= 4 is 19.8 Å². The fourth-order valence-corrected chi connectivity index (χ4v) is 8.71. The van der Waals surface area contributed by atoms with Crippen LogP contribution in [0.2, 0.25) is 0 Å². The molecule has 0 aliphatic carbocycles. The van der Waals surface area contributed by atoms with E-state index >= 15 is 0 Å². The average Bonchev–Trinajstić information content (AvgIpc) is 3.41. The number of carbonyl (C=O) groups excluding carboxylic acids is 2. The number of carbonyl (C=O) groups is 2. The van der Waals surface area contributed by atoms with Gasteiger partial charge in [0.25, 0.3) is 7.82 Å². The number of rotatable bonds is 55. The second kappa shape index (κ2) is 57.8. The number of ether oxygens (including phenoxy) is 2. The Morgan fingerprint density at radius 3 is 1.04 bits per heavy atom. The minimum absolute atomic E-state index is 0.0424. The van der Waals surface area contributed by atoms with Gasteiger partial charge in [-0.2, -0.15) is 0 Å². The standard InChI is InChI=1S/C68H114NO8P/c1-6-8-10-12-14-16-18-20-22-24-26-27-28-29-30-31-32-33-34-35-36-37-38-39-40-41-43-45-47-49-51-53-55-57-59-61-68(71)77-66(65-76-78(72,73)75-63-62-69(3,4)5)64-74-67(70)60-58-56-54-52-50-48-46-44-42-25-23-21-19-17-15-13-11-9-7-2/h8-11,14-17,20-23,26-27,29-30,32-33,42,44,48,50,66H,6-7,12-13,18-19,24-25,28,31,34-41,43,45-47,49,51-65H2,1-5H3/b10-8-,11-9-,16-14-,17-15-,22-20-,23-21-,27-26-,30-29-,33-32-,44-42-,50-48-. The van der Waals surface area contributed by atoms with Crippen LogP contribution in [-0.4, -0.2) is 70.0 Å². The number of likely N-dealkylation sites (N-methyl/N-ethyl adjacent to an activating group) is 1. The van der Waals surface area contributed by atoms with Gasteiger partial charge in [-0.25, -0.2) is 0 Å². The summed E-state index contributed by atoms with van der Waals surface area (Å²) < 4.78 is 34.1. The molecular formula is C68H114NO8P. The summed E-state index contributed by atoms with van der Waals surface area (Å²) in [6, 6.07) is 0. The lowest BCUT2D eigenvalue weighted by molar-refractivity contribution is -0.870. The Morgan fingerprint density at radius 1 is 0.397 bits per heavy atom. The molecule has 0 radical (unpaired) electrons. The minimum Gasteiger partial charge on any atom is -0.756 e. The second-order valence-electron chi connectivity index (χ2n) is 21.3. The second-order valence-corrected chi connectivity index (χ2v) is 22.7. The van der Waals surface area contributed by atoms with Gasteiger partial charge in [-0.1, -0.05) is 244 Å². The summed E-state index contributed by atoms with van der Waals surface area (Å²) in [5.41, 5.74) is 0. The van der Waals surface area contributed by atoms with Crippen LogP contribution in [0.4, 0.5) is 0 Å². The number of esters is 2. The van der Waals surface area contributed by atoms with Crippen molar-refractivity contribution < 1.29 is 42.1 Å². The highest BCUT2D eigenvalue weighted by atomic mass is 31.2. The molecule has 0 bridgehead atoms. The quantitative estimate of drug-likeness (QED) is 0.0195. The van der Waals surface area contributed by atoms with Gasteiger partial charge < -0.3 is 27.9 Å². The fourth-order valence-electron chi connectivity index (χ4n) is 7.98. The largest absolute Gasteiger partial charge is 0.756 e. The molecule has 2 atom stereocenters. The van der Waals surface area contributed by atoms with E-state index in [2.05, 4.69) is 148 Å². The number of quaternary nitrogens is 1. The molecule has 0 aromatic carbocycles. The van der Waals surface area contributed by atoms with Gasteiger partial charge in [0.15, 0.2) is 6.10 Å². The number of phosphoric ester groups is 1. The molecule has 0 fully saturated rings. The third kappa shape index (κ3) is 61.4. The van der Waals surface area contributed by atoms with Crippen LogP contribution in [0.25, 0.3) is 0 Å². The molecule has 0 aromatic rings. The molecule has 0 aliphatic rings. The molecule has 78 heavy (non-hydrogen) atoms. The molecule has 0 aromatic heterocycles. The predicted molar refractivity (Wildman–Crippen MR) is 332 cm³/mol. The van der Waals surface area contributed by atoms with Crippen LogP contribution in [0.15, 0.2) is 134 Å². The van der Waals surface area contributed by atoms with Crippen LogP contribution in [0, 0.1) is 0 Å². The van der Waals surface area contributed by atoms with Crippen molar-refractivity contribution in [3.05, 3.63) is 134 Å². The van der Waals surface area contributed by atoms with E-state index in [1.807, 2.05) is 21.1 Å². The number of nitrogens with zero attached hydrogens (tertiary/aromatic N) is 1. The number of phosphoric acid groups is 1. The van der Waals surface area contributed by atoms with E-state index in [4.69, 9.17) is 18.5 Å². The van der Waals surface area contributed by atoms with Gasteiger partial charge in [0, 0.05) is 12.8 Å². The third-order valence-corrected chi connectivity index (χ3v) is 13.6. The number of hydrogen-bond donors (Lipinski definition) is 0. The number of unbranched alkanes of at least 4 members (excludes halogenated alkanes) is 19. The van der Waals surface area contributed by atoms with Crippen LogP contribution in [0.5, 0.6) is 0 Å². The van der Waals surface area contributed by atoms with Crippen molar-refractivity contribution in [2.45, 2.75) is 238 Å². The predicted octanol–water partition coefficient (Wildman–Crippen LogP) is 19.1. The zero-order chi connectivity index (χ0) is 57.0. The zero-order valence-electron chi connectivity index (χ0n) is 50.3. The lowest BCUT2D eigenvalue weighted by Crippen LogP contribution is -2.37. The monoisotopic (exact) mass is 1100 g/mol. The summed E-state index contributed by atoms with van der Waals surface area (Å²) >= 11 is 0. The highest BCUT2D eigenvalue weighted by molar-refractivity contribution is 7.45. The molecule has 0 amide bonds. The molecular weight excluding hydrogens is 990 g/mol. The van der Waals surface area contributed by atoms with Gasteiger partial charge in [-0.3, -0.25) is 14.2 Å². The number of allylic oxidation sites excluding steroid dienone is 22. The summed E-state index contributed by atoms with van der Waals surface area (Å²) in [6.07, 6.45) is 83.7. The first-order chi connectivity index (χ1) is 38.0. The molecule has 0 rings (SSSR count). The van der Waals surface area contributed by atoms with Crippen molar-refractivity contribution in [1.29, 1.82) is 0 Å². The van der Waals surface area contributed by atoms with Gasteiger partial charge in [0.05, 0.1) is 27.7 Å². The Kier molecular flexibility index (Phi) is 55.0. The zero-order valence-corrected chi connectivity index (χ0v) is 51.2. The van der Waals surface area contributed by atoms with Crippen molar-refractivity contribution in [2.24, 2.45) is 0 Å². The summed E-state index contributed by atoms with van der Waals surface area (Å²) in [5.74, 6) is -0.876. The Labute approximate surface area is 479 Å². The lowest BCUT2D eigenvalue weighted by atomic mass is 10.0. The van der Waals surface area contributed by atoms with Crippen molar-refractivity contribution in [3.63, 3.8) is 0 Å². The first-order valence-corrected chi connectivity index (χ1v) is 32.4. The summed E-state index contributed by atoms with van der Waals surface area (Å²) in [4.78, 5) is 37.9. The molecule has 10 heteroatoms. The first-order valence-electron chi connectivity index (χ1n) is 30.9. The van der Waals surface area contributed by atoms with Crippen LogP contribution in [0.3, 0.4) is 0 Å². The Balaban J connectivity index is 4.12. The van der Waals surface area contributed by atoms with Crippen molar-refractivity contribution in [1.82, 2.24) is 0 Å². The summed E-state index contributed by atoms with van der Waals surface area (Å²) in [6.45, 7) is 3.96. The average molecular weight is 1100 g/mol. The van der Waals surface area contributed by atoms with Gasteiger partial charge in [-0.05, 0) is 109 Å².